The first-order chi connectivity index (χ1) is 5.43. The van der Waals surface area contributed by atoms with E-state index in [1.165, 1.54) is 19.3 Å². The largest absolute Gasteiger partial charge is 0.381 e. The van der Waals surface area contributed by atoms with E-state index in [1.807, 2.05) is 0 Å². The summed E-state index contributed by atoms with van der Waals surface area (Å²) in [7, 11) is 0. The third-order valence-electron chi connectivity index (χ3n) is 2.04. The van der Waals surface area contributed by atoms with Crippen molar-refractivity contribution < 1.29 is 4.74 Å². The molecule has 2 heteroatoms. The minimum absolute atomic E-state index is 0.770. The van der Waals surface area contributed by atoms with Crippen molar-refractivity contribution in [2.24, 2.45) is 5.92 Å². The van der Waals surface area contributed by atoms with Crippen molar-refractivity contribution >= 4 is 11.6 Å². The van der Waals surface area contributed by atoms with E-state index in [0.29, 0.717) is 0 Å². The first kappa shape index (κ1) is 9.34. The molecule has 0 aliphatic heterocycles. The van der Waals surface area contributed by atoms with Crippen LogP contribution in [0.1, 0.15) is 32.1 Å². The number of rotatable bonds is 7. The van der Waals surface area contributed by atoms with Gasteiger partial charge in [-0.2, -0.15) is 0 Å². The summed E-state index contributed by atoms with van der Waals surface area (Å²) in [4.78, 5) is 0. The van der Waals surface area contributed by atoms with Gasteiger partial charge in [-0.05, 0) is 25.2 Å². The lowest BCUT2D eigenvalue weighted by molar-refractivity contribution is 0.125. The van der Waals surface area contributed by atoms with Crippen molar-refractivity contribution in [2.45, 2.75) is 32.1 Å². The average molecular weight is 177 g/mol. The van der Waals surface area contributed by atoms with Crippen LogP contribution in [0.25, 0.3) is 0 Å². The molecule has 1 aliphatic carbocycles. The van der Waals surface area contributed by atoms with Crippen LogP contribution >= 0.6 is 11.6 Å². The van der Waals surface area contributed by atoms with Gasteiger partial charge in [-0.3, -0.25) is 0 Å². The second-order valence-corrected chi connectivity index (χ2v) is 3.62. The van der Waals surface area contributed by atoms with Gasteiger partial charge in [-0.15, -0.1) is 11.6 Å². The molecule has 0 amide bonds. The average Bonchev–Trinajstić information content (AvgIpc) is 2.80. The maximum Gasteiger partial charge on any atom is 0.0468 e. The van der Waals surface area contributed by atoms with E-state index < -0.39 is 0 Å². The van der Waals surface area contributed by atoms with Crippen molar-refractivity contribution in [3.05, 3.63) is 0 Å². The van der Waals surface area contributed by atoms with Gasteiger partial charge in [0.05, 0.1) is 0 Å². The fraction of sp³-hybridized carbons (Fsp3) is 1.00. The second-order valence-electron chi connectivity index (χ2n) is 3.24. The maximum atomic E-state index is 5.52. The zero-order chi connectivity index (χ0) is 7.94. The van der Waals surface area contributed by atoms with Crippen LogP contribution in [0.3, 0.4) is 0 Å². The summed E-state index contributed by atoms with van der Waals surface area (Å²) in [6, 6.07) is 0. The molecule has 1 fully saturated rings. The summed E-state index contributed by atoms with van der Waals surface area (Å²) < 4.78 is 5.43. The summed E-state index contributed by atoms with van der Waals surface area (Å²) in [5.74, 6) is 1.77. The van der Waals surface area contributed by atoms with E-state index in [-0.39, 0.29) is 0 Å². The first-order valence-electron chi connectivity index (χ1n) is 4.57. The van der Waals surface area contributed by atoms with Gasteiger partial charge in [0.25, 0.3) is 0 Å². The van der Waals surface area contributed by atoms with Crippen LogP contribution in [0.5, 0.6) is 0 Å². The van der Waals surface area contributed by atoms with Crippen molar-refractivity contribution in [2.75, 3.05) is 19.1 Å². The molecule has 66 valence electrons. The van der Waals surface area contributed by atoms with E-state index in [1.54, 1.807) is 0 Å². The number of hydrogen-bond acceptors (Lipinski definition) is 1. The quantitative estimate of drug-likeness (QED) is 0.428. The molecule has 0 atom stereocenters. The molecule has 11 heavy (non-hydrogen) atoms. The summed E-state index contributed by atoms with van der Waals surface area (Å²) in [6.07, 6.45) is 6.36. The standard InChI is InChI=1S/C9H17ClO/c10-6-1-2-7-11-8-5-9-3-4-9/h9H,1-8H2. The molecule has 0 aromatic heterocycles. The number of halogens is 1. The fourth-order valence-corrected chi connectivity index (χ4v) is 1.25. The zero-order valence-corrected chi connectivity index (χ0v) is 7.78. The summed E-state index contributed by atoms with van der Waals surface area (Å²) in [5, 5.41) is 0. The molecule has 0 N–H and O–H groups in total. The minimum Gasteiger partial charge on any atom is -0.381 e. The van der Waals surface area contributed by atoms with Gasteiger partial charge in [0.1, 0.15) is 0 Å². The highest BCUT2D eigenvalue weighted by atomic mass is 35.5. The van der Waals surface area contributed by atoms with Gasteiger partial charge >= 0.3 is 0 Å². The molecule has 0 unspecified atom stereocenters. The Labute approximate surface area is 74.1 Å². The Kier molecular flexibility index (Phi) is 4.96. The van der Waals surface area contributed by atoms with E-state index in [0.717, 1.165) is 37.9 Å². The fourth-order valence-electron chi connectivity index (χ4n) is 1.06. The molecule has 1 aliphatic rings. The molecule has 0 aromatic rings. The lowest BCUT2D eigenvalue weighted by atomic mass is 10.3. The lowest BCUT2D eigenvalue weighted by Gasteiger charge is -2.01. The van der Waals surface area contributed by atoms with Crippen molar-refractivity contribution in [3.8, 4) is 0 Å². The number of ether oxygens (including phenoxy) is 1. The molecule has 0 radical (unpaired) electrons. The van der Waals surface area contributed by atoms with Gasteiger partial charge in [0, 0.05) is 19.1 Å². The number of alkyl halides is 1. The van der Waals surface area contributed by atoms with Gasteiger partial charge in [-0.25, -0.2) is 0 Å². The normalized spacial score (nSPS) is 17.2. The predicted octanol–water partition coefficient (Wildman–Crippen LogP) is 2.82. The Balaban J connectivity index is 1.66. The molecule has 0 spiro atoms. The Morgan fingerprint density at radius 1 is 1.18 bits per heavy atom. The highest BCUT2D eigenvalue weighted by Crippen LogP contribution is 2.32. The van der Waals surface area contributed by atoms with Crippen molar-refractivity contribution in [1.82, 2.24) is 0 Å². The predicted molar refractivity (Wildman–Crippen MR) is 48.1 cm³/mol. The van der Waals surface area contributed by atoms with Gasteiger partial charge in [0.2, 0.25) is 0 Å². The van der Waals surface area contributed by atoms with Crippen LogP contribution < -0.4 is 0 Å². The number of unbranched alkanes of at least 4 members (excludes halogenated alkanes) is 1. The van der Waals surface area contributed by atoms with Crippen molar-refractivity contribution in [3.63, 3.8) is 0 Å². The monoisotopic (exact) mass is 176 g/mol. The first-order valence-corrected chi connectivity index (χ1v) is 5.10. The van der Waals surface area contributed by atoms with Crippen LogP contribution in [0.4, 0.5) is 0 Å². The molecular weight excluding hydrogens is 160 g/mol. The van der Waals surface area contributed by atoms with Crippen LogP contribution in [0.15, 0.2) is 0 Å². The van der Waals surface area contributed by atoms with E-state index in [2.05, 4.69) is 0 Å². The Hall–Kier alpha value is 0.250. The molecule has 0 aromatic carbocycles. The third-order valence-corrected chi connectivity index (χ3v) is 2.31. The second kappa shape index (κ2) is 5.84. The van der Waals surface area contributed by atoms with E-state index >= 15 is 0 Å². The third kappa shape index (κ3) is 5.51. The Morgan fingerprint density at radius 2 is 2.00 bits per heavy atom. The van der Waals surface area contributed by atoms with Crippen LogP contribution in [-0.2, 0) is 4.74 Å². The molecule has 1 nitrogen and oxygen atoms in total. The van der Waals surface area contributed by atoms with Crippen LogP contribution in [0.2, 0.25) is 0 Å². The van der Waals surface area contributed by atoms with E-state index in [4.69, 9.17) is 16.3 Å². The van der Waals surface area contributed by atoms with Crippen molar-refractivity contribution in [1.29, 1.82) is 0 Å². The molecule has 1 saturated carbocycles. The lowest BCUT2D eigenvalue weighted by Crippen LogP contribution is -1.97. The summed E-state index contributed by atoms with van der Waals surface area (Å²) in [6.45, 7) is 1.87. The molecule has 1 rings (SSSR count). The molecule has 0 heterocycles. The SMILES string of the molecule is ClCCCCOCCC1CC1. The Bertz CT molecular complexity index is 91.6. The maximum absolute atomic E-state index is 5.52. The molecule has 0 bridgehead atoms. The molecule has 0 saturated heterocycles. The summed E-state index contributed by atoms with van der Waals surface area (Å²) in [5.41, 5.74) is 0. The summed E-state index contributed by atoms with van der Waals surface area (Å²) >= 11 is 5.52. The minimum atomic E-state index is 0.770. The van der Waals surface area contributed by atoms with Crippen LogP contribution in [-0.4, -0.2) is 19.1 Å². The Morgan fingerprint density at radius 3 is 2.64 bits per heavy atom. The zero-order valence-electron chi connectivity index (χ0n) is 7.02. The molecular formula is C9H17ClO. The smallest absolute Gasteiger partial charge is 0.0468 e. The van der Waals surface area contributed by atoms with Gasteiger partial charge < -0.3 is 4.74 Å². The number of hydrogen-bond donors (Lipinski definition) is 0. The van der Waals surface area contributed by atoms with Crippen LogP contribution in [0, 0.1) is 5.92 Å². The highest BCUT2D eigenvalue weighted by Gasteiger charge is 2.20. The topological polar surface area (TPSA) is 9.23 Å². The highest BCUT2D eigenvalue weighted by molar-refractivity contribution is 6.17. The van der Waals surface area contributed by atoms with Gasteiger partial charge in [-0.1, -0.05) is 12.8 Å². The van der Waals surface area contributed by atoms with E-state index in [9.17, 15) is 0 Å². The van der Waals surface area contributed by atoms with Gasteiger partial charge in [0.15, 0.2) is 0 Å².